The van der Waals surface area contributed by atoms with Crippen molar-refractivity contribution in [1.29, 1.82) is 0 Å². The fourth-order valence-electron chi connectivity index (χ4n) is 2.33. The summed E-state index contributed by atoms with van der Waals surface area (Å²) in [5.41, 5.74) is 7.28. The lowest BCUT2D eigenvalue weighted by Gasteiger charge is -2.24. The molecule has 0 heterocycles. The van der Waals surface area contributed by atoms with E-state index in [1.807, 2.05) is 12.1 Å². The average molecular weight is 283 g/mol. The maximum absolute atomic E-state index is 11.7. The van der Waals surface area contributed by atoms with Crippen LogP contribution in [0.15, 0.2) is 18.2 Å². The van der Waals surface area contributed by atoms with Gasteiger partial charge in [0.15, 0.2) is 0 Å². The van der Waals surface area contributed by atoms with E-state index in [2.05, 4.69) is 19.2 Å². The van der Waals surface area contributed by atoms with Crippen molar-refractivity contribution in [3.8, 4) is 0 Å². The summed E-state index contributed by atoms with van der Waals surface area (Å²) in [6.45, 7) is 6.45. The van der Waals surface area contributed by atoms with E-state index in [9.17, 15) is 4.79 Å². The summed E-state index contributed by atoms with van der Waals surface area (Å²) in [5, 5.41) is 3.96. The van der Waals surface area contributed by atoms with Gasteiger partial charge in [-0.05, 0) is 30.5 Å². The summed E-state index contributed by atoms with van der Waals surface area (Å²) in [4.78, 5) is 11.7. The van der Waals surface area contributed by atoms with E-state index in [0.29, 0.717) is 23.2 Å². The molecular formula is C15H23ClN2O. The number of hydrogen-bond acceptors (Lipinski definition) is 3. The first-order valence-corrected chi connectivity index (χ1v) is 7.15. The van der Waals surface area contributed by atoms with Crippen LogP contribution in [0.3, 0.4) is 0 Å². The molecule has 1 aromatic carbocycles. The van der Waals surface area contributed by atoms with Gasteiger partial charge in [-0.25, -0.2) is 0 Å². The maximum atomic E-state index is 11.7. The van der Waals surface area contributed by atoms with E-state index >= 15 is 0 Å². The minimum Gasteiger partial charge on any atom is -0.399 e. The molecule has 0 saturated heterocycles. The Balaban J connectivity index is 2.73. The van der Waals surface area contributed by atoms with Crippen LogP contribution >= 0.6 is 11.6 Å². The lowest BCUT2D eigenvalue weighted by atomic mass is 9.91. The first-order chi connectivity index (χ1) is 8.99. The van der Waals surface area contributed by atoms with Crippen LogP contribution in [0.5, 0.6) is 0 Å². The third-order valence-corrected chi connectivity index (χ3v) is 3.90. The highest BCUT2D eigenvalue weighted by molar-refractivity contribution is 6.31. The molecule has 3 N–H and O–H groups in total. The minimum absolute atomic E-state index is 0.108. The molecule has 0 aliphatic heterocycles. The Kier molecular flexibility index (Phi) is 6.32. The van der Waals surface area contributed by atoms with Gasteiger partial charge in [-0.2, -0.15) is 0 Å². The number of Topliss-reactive ketones (excluding diaryl/α,β-unsaturated/α-hetero) is 1. The highest BCUT2D eigenvalue weighted by Gasteiger charge is 2.22. The van der Waals surface area contributed by atoms with Crippen LogP contribution in [0.4, 0.5) is 5.69 Å². The Labute approximate surface area is 120 Å². The number of hydrogen-bond donors (Lipinski definition) is 2. The van der Waals surface area contributed by atoms with E-state index in [1.54, 1.807) is 13.0 Å². The Morgan fingerprint density at radius 3 is 2.47 bits per heavy atom. The second kappa shape index (κ2) is 7.51. The van der Waals surface area contributed by atoms with Gasteiger partial charge in [0.25, 0.3) is 0 Å². The Hall–Kier alpha value is -1.06. The van der Waals surface area contributed by atoms with Gasteiger partial charge in [0.05, 0.1) is 6.04 Å². The molecule has 4 heteroatoms. The summed E-state index contributed by atoms with van der Waals surface area (Å²) >= 11 is 6.13. The fourth-order valence-corrected chi connectivity index (χ4v) is 2.59. The van der Waals surface area contributed by atoms with Crippen LogP contribution in [0, 0.1) is 5.92 Å². The molecule has 1 rings (SSSR count). The van der Waals surface area contributed by atoms with Crippen molar-refractivity contribution in [1.82, 2.24) is 5.32 Å². The highest BCUT2D eigenvalue weighted by Crippen LogP contribution is 2.20. The highest BCUT2D eigenvalue weighted by atomic mass is 35.5. The topological polar surface area (TPSA) is 55.1 Å². The van der Waals surface area contributed by atoms with Gasteiger partial charge in [0, 0.05) is 17.3 Å². The number of benzene rings is 1. The number of anilines is 1. The van der Waals surface area contributed by atoms with Crippen LogP contribution in [0.1, 0.15) is 39.2 Å². The van der Waals surface area contributed by atoms with E-state index in [1.165, 1.54) is 0 Å². The van der Waals surface area contributed by atoms with Gasteiger partial charge in [-0.1, -0.05) is 44.4 Å². The molecule has 3 nitrogen and oxygen atoms in total. The summed E-state index contributed by atoms with van der Waals surface area (Å²) in [7, 11) is 0. The van der Waals surface area contributed by atoms with Crippen molar-refractivity contribution >= 4 is 23.1 Å². The zero-order valence-corrected chi connectivity index (χ0v) is 12.6. The molecule has 0 unspecified atom stereocenters. The number of carbonyl (C=O) groups excluding carboxylic acids is 1. The van der Waals surface area contributed by atoms with Crippen LogP contribution in [0.2, 0.25) is 5.02 Å². The molecule has 0 amide bonds. The molecule has 0 aromatic heterocycles. The van der Waals surface area contributed by atoms with Crippen molar-refractivity contribution in [2.45, 2.75) is 46.2 Å². The van der Waals surface area contributed by atoms with Gasteiger partial charge in [-0.15, -0.1) is 0 Å². The zero-order valence-electron chi connectivity index (χ0n) is 11.9. The number of rotatable bonds is 7. The number of carbonyl (C=O) groups is 1. The van der Waals surface area contributed by atoms with Crippen LogP contribution in [-0.4, -0.2) is 11.8 Å². The standard InChI is InChI=1S/C15H23ClN2O/c1-4-11(5-2)15(10(3)19)18-9-12-6-7-13(17)8-14(12)16/h6-8,11,15,18H,4-5,9,17H2,1-3H3/t15-/m1/s1. The SMILES string of the molecule is CCC(CC)[C@H](NCc1ccc(N)cc1Cl)C(C)=O. The number of ketones is 1. The smallest absolute Gasteiger partial charge is 0.146 e. The van der Waals surface area contributed by atoms with Crippen molar-refractivity contribution in [3.63, 3.8) is 0 Å². The Morgan fingerprint density at radius 2 is 2.00 bits per heavy atom. The number of nitrogens with one attached hydrogen (secondary N) is 1. The Morgan fingerprint density at radius 1 is 1.37 bits per heavy atom. The Bertz CT molecular complexity index is 430. The lowest BCUT2D eigenvalue weighted by molar-refractivity contribution is -0.120. The predicted octanol–water partition coefficient (Wildman–Crippen LogP) is 3.41. The molecule has 0 radical (unpaired) electrons. The zero-order chi connectivity index (χ0) is 14.4. The van der Waals surface area contributed by atoms with Gasteiger partial charge >= 0.3 is 0 Å². The van der Waals surface area contributed by atoms with Gasteiger partial charge in [0.2, 0.25) is 0 Å². The van der Waals surface area contributed by atoms with E-state index < -0.39 is 0 Å². The maximum Gasteiger partial charge on any atom is 0.146 e. The number of halogens is 1. The first-order valence-electron chi connectivity index (χ1n) is 6.77. The monoisotopic (exact) mass is 282 g/mol. The normalized spacial score (nSPS) is 12.7. The third-order valence-electron chi connectivity index (χ3n) is 3.55. The molecule has 0 bridgehead atoms. The van der Waals surface area contributed by atoms with Gasteiger partial charge in [-0.3, -0.25) is 4.79 Å². The summed E-state index contributed by atoms with van der Waals surface area (Å²) < 4.78 is 0. The molecule has 0 aliphatic rings. The second-order valence-electron chi connectivity index (χ2n) is 4.90. The molecule has 19 heavy (non-hydrogen) atoms. The van der Waals surface area contributed by atoms with Gasteiger partial charge < -0.3 is 11.1 Å². The van der Waals surface area contributed by atoms with Crippen LogP contribution < -0.4 is 11.1 Å². The largest absolute Gasteiger partial charge is 0.399 e. The lowest BCUT2D eigenvalue weighted by Crippen LogP contribution is -2.41. The molecular weight excluding hydrogens is 260 g/mol. The molecule has 0 saturated carbocycles. The van der Waals surface area contributed by atoms with Crippen LogP contribution in [-0.2, 0) is 11.3 Å². The van der Waals surface area contributed by atoms with E-state index in [-0.39, 0.29) is 11.8 Å². The van der Waals surface area contributed by atoms with Crippen molar-refractivity contribution < 1.29 is 4.79 Å². The van der Waals surface area contributed by atoms with Crippen molar-refractivity contribution in [2.24, 2.45) is 5.92 Å². The number of nitrogens with two attached hydrogens (primary N) is 1. The summed E-state index contributed by atoms with van der Waals surface area (Å²) in [6.07, 6.45) is 1.98. The van der Waals surface area contributed by atoms with Crippen molar-refractivity contribution in [2.75, 3.05) is 5.73 Å². The molecule has 0 spiro atoms. The fraction of sp³-hybridized carbons (Fsp3) is 0.533. The molecule has 0 aliphatic carbocycles. The average Bonchev–Trinajstić information content (AvgIpc) is 2.36. The molecule has 1 aromatic rings. The van der Waals surface area contributed by atoms with Gasteiger partial charge in [0.1, 0.15) is 5.78 Å². The summed E-state index contributed by atoms with van der Waals surface area (Å²) in [6, 6.07) is 5.35. The second-order valence-corrected chi connectivity index (χ2v) is 5.30. The molecule has 0 fully saturated rings. The predicted molar refractivity (Wildman–Crippen MR) is 81.2 cm³/mol. The summed E-state index contributed by atoms with van der Waals surface area (Å²) in [5.74, 6) is 0.547. The quantitative estimate of drug-likeness (QED) is 0.754. The minimum atomic E-state index is -0.108. The number of nitrogen functional groups attached to an aromatic ring is 1. The van der Waals surface area contributed by atoms with E-state index in [4.69, 9.17) is 17.3 Å². The molecule has 1 atom stereocenters. The third kappa shape index (κ3) is 4.51. The van der Waals surface area contributed by atoms with E-state index in [0.717, 1.165) is 18.4 Å². The van der Waals surface area contributed by atoms with Crippen LogP contribution in [0.25, 0.3) is 0 Å². The molecule has 106 valence electrons. The van der Waals surface area contributed by atoms with Crippen molar-refractivity contribution in [3.05, 3.63) is 28.8 Å². The first kappa shape index (κ1) is 16.0.